The highest BCUT2D eigenvalue weighted by atomic mass is 16.2. The SMILES string of the molecule is C=C(C)C(=O)NCCCCCCNc1ccc(NC)c2c1C(=O)c1ccccc1C2=O. The van der Waals surface area contributed by atoms with Crippen LogP contribution in [-0.4, -0.2) is 37.6 Å². The Bertz CT molecular complexity index is 1030. The second kappa shape index (κ2) is 10.1. The van der Waals surface area contributed by atoms with E-state index in [-0.39, 0.29) is 17.5 Å². The fourth-order valence-corrected chi connectivity index (χ4v) is 3.76. The summed E-state index contributed by atoms with van der Waals surface area (Å²) in [5, 5.41) is 9.22. The van der Waals surface area contributed by atoms with E-state index in [2.05, 4.69) is 22.5 Å². The first kappa shape index (κ1) is 22.3. The van der Waals surface area contributed by atoms with Gasteiger partial charge in [-0.1, -0.05) is 43.7 Å². The smallest absolute Gasteiger partial charge is 0.246 e. The molecule has 2 aromatic rings. The van der Waals surface area contributed by atoms with Crippen LogP contribution in [0.4, 0.5) is 11.4 Å². The second-order valence-electron chi connectivity index (χ2n) is 7.74. The van der Waals surface area contributed by atoms with Gasteiger partial charge in [0, 0.05) is 48.2 Å². The molecule has 31 heavy (non-hydrogen) atoms. The van der Waals surface area contributed by atoms with Crippen LogP contribution < -0.4 is 16.0 Å². The largest absolute Gasteiger partial charge is 0.388 e. The summed E-state index contributed by atoms with van der Waals surface area (Å²) >= 11 is 0. The Labute approximate surface area is 183 Å². The quantitative estimate of drug-likeness (QED) is 0.339. The molecule has 3 rings (SSSR count). The number of hydrogen-bond donors (Lipinski definition) is 3. The van der Waals surface area contributed by atoms with Gasteiger partial charge in [0.2, 0.25) is 5.91 Å². The van der Waals surface area contributed by atoms with Crippen molar-refractivity contribution in [2.45, 2.75) is 32.6 Å². The molecule has 1 amide bonds. The van der Waals surface area contributed by atoms with Crippen molar-refractivity contribution in [1.82, 2.24) is 5.32 Å². The van der Waals surface area contributed by atoms with Crippen LogP contribution in [0.2, 0.25) is 0 Å². The van der Waals surface area contributed by atoms with Crippen molar-refractivity contribution in [3.05, 3.63) is 70.8 Å². The third-order valence-corrected chi connectivity index (χ3v) is 5.44. The molecular weight excluding hydrogens is 390 g/mol. The monoisotopic (exact) mass is 419 g/mol. The molecule has 0 radical (unpaired) electrons. The summed E-state index contributed by atoms with van der Waals surface area (Å²) in [7, 11) is 1.75. The van der Waals surface area contributed by atoms with Crippen LogP contribution in [-0.2, 0) is 4.79 Å². The molecular formula is C25H29N3O3. The van der Waals surface area contributed by atoms with Crippen LogP contribution in [0.3, 0.4) is 0 Å². The van der Waals surface area contributed by atoms with Gasteiger partial charge in [-0.3, -0.25) is 14.4 Å². The van der Waals surface area contributed by atoms with Crippen LogP contribution in [0, 0.1) is 0 Å². The van der Waals surface area contributed by atoms with Crippen molar-refractivity contribution < 1.29 is 14.4 Å². The first-order valence-electron chi connectivity index (χ1n) is 10.7. The average Bonchev–Trinajstić information content (AvgIpc) is 2.78. The molecule has 6 heteroatoms. The van der Waals surface area contributed by atoms with E-state index in [1.165, 1.54) is 0 Å². The number of fused-ring (bicyclic) bond motifs is 2. The third kappa shape index (κ3) is 4.85. The van der Waals surface area contributed by atoms with Gasteiger partial charge in [0.25, 0.3) is 0 Å². The molecule has 3 N–H and O–H groups in total. The van der Waals surface area contributed by atoms with Gasteiger partial charge < -0.3 is 16.0 Å². The van der Waals surface area contributed by atoms with E-state index in [0.29, 0.717) is 52.3 Å². The number of ketones is 2. The lowest BCUT2D eigenvalue weighted by molar-refractivity contribution is -0.117. The Kier molecular flexibility index (Phi) is 7.23. The zero-order valence-electron chi connectivity index (χ0n) is 18.1. The maximum absolute atomic E-state index is 13.2. The minimum atomic E-state index is -0.130. The van der Waals surface area contributed by atoms with E-state index >= 15 is 0 Å². The number of hydrogen-bond acceptors (Lipinski definition) is 5. The predicted octanol–water partition coefficient (Wildman–Crippen LogP) is 4.17. The number of amides is 1. The molecule has 0 aliphatic heterocycles. The van der Waals surface area contributed by atoms with Crippen molar-refractivity contribution in [2.75, 3.05) is 30.8 Å². The summed E-state index contributed by atoms with van der Waals surface area (Å²) in [4.78, 5) is 37.7. The summed E-state index contributed by atoms with van der Waals surface area (Å²) in [6.07, 6.45) is 3.84. The van der Waals surface area contributed by atoms with Gasteiger partial charge in [0.15, 0.2) is 11.6 Å². The Balaban J connectivity index is 1.61. The molecule has 0 saturated carbocycles. The van der Waals surface area contributed by atoms with E-state index in [9.17, 15) is 14.4 Å². The molecule has 6 nitrogen and oxygen atoms in total. The lowest BCUT2D eigenvalue weighted by Crippen LogP contribution is -2.24. The summed E-state index contributed by atoms with van der Waals surface area (Å²) < 4.78 is 0. The van der Waals surface area contributed by atoms with E-state index < -0.39 is 0 Å². The number of rotatable bonds is 10. The van der Waals surface area contributed by atoms with Crippen molar-refractivity contribution in [3.63, 3.8) is 0 Å². The molecule has 0 atom stereocenters. The zero-order chi connectivity index (χ0) is 22.4. The third-order valence-electron chi connectivity index (χ3n) is 5.44. The summed E-state index contributed by atoms with van der Waals surface area (Å²) in [6.45, 7) is 6.66. The van der Waals surface area contributed by atoms with Gasteiger partial charge in [0.1, 0.15) is 0 Å². The summed E-state index contributed by atoms with van der Waals surface area (Å²) in [5.41, 5.74) is 3.65. The Morgan fingerprint density at radius 1 is 0.839 bits per heavy atom. The molecule has 0 saturated heterocycles. The summed E-state index contributed by atoms with van der Waals surface area (Å²) in [5.74, 6) is -0.356. The number of carbonyl (C=O) groups is 3. The number of carbonyl (C=O) groups excluding carboxylic acids is 3. The predicted molar refractivity (Wildman–Crippen MR) is 124 cm³/mol. The van der Waals surface area contributed by atoms with Crippen LogP contribution in [0.25, 0.3) is 0 Å². The minimum Gasteiger partial charge on any atom is -0.388 e. The Morgan fingerprint density at radius 3 is 1.97 bits per heavy atom. The molecule has 0 aromatic heterocycles. The molecule has 0 heterocycles. The first-order chi connectivity index (χ1) is 15.0. The Hall–Kier alpha value is -3.41. The standard InChI is InChI=1S/C25H29N3O3/c1-16(2)25(31)28-15-9-5-4-8-14-27-20-13-12-19(26-3)21-22(20)24(30)18-11-7-6-10-17(18)23(21)29/h6-7,10-13,26-27H,1,4-5,8-9,14-15H2,2-3H3,(H,28,31). The van der Waals surface area contributed by atoms with Gasteiger partial charge in [-0.05, 0) is 31.9 Å². The Morgan fingerprint density at radius 2 is 1.39 bits per heavy atom. The van der Waals surface area contributed by atoms with Crippen LogP contribution in [0.15, 0.2) is 48.6 Å². The molecule has 0 spiro atoms. The number of nitrogens with one attached hydrogen (secondary N) is 3. The van der Waals surface area contributed by atoms with Gasteiger partial charge in [0.05, 0.1) is 11.1 Å². The van der Waals surface area contributed by atoms with E-state index in [4.69, 9.17) is 0 Å². The number of anilines is 2. The number of benzene rings is 2. The van der Waals surface area contributed by atoms with E-state index in [1.54, 1.807) is 38.2 Å². The first-order valence-corrected chi connectivity index (χ1v) is 10.7. The number of unbranched alkanes of at least 4 members (excludes halogenated alkanes) is 3. The molecule has 0 bridgehead atoms. The fourth-order valence-electron chi connectivity index (χ4n) is 3.76. The molecule has 2 aromatic carbocycles. The fraction of sp³-hybridized carbons (Fsp3) is 0.320. The van der Waals surface area contributed by atoms with Crippen molar-refractivity contribution >= 4 is 28.8 Å². The van der Waals surface area contributed by atoms with E-state index in [1.807, 2.05) is 12.1 Å². The van der Waals surface area contributed by atoms with Crippen molar-refractivity contribution in [2.24, 2.45) is 0 Å². The maximum Gasteiger partial charge on any atom is 0.246 e. The lowest BCUT2D eigenvalue weighted by atomic mass is 9.82. The minimum absolute atomic E-state index is 0.0998. The topological polar surface area (TPSA) is 87.3 Å². The van der Waals surface area contributed by atoms with Gasteiger partial charge in [-0.15, -0.1) is 0 Å². The molecule has 0 unspecified atom stereocenters. The molecule has 1 aliphatic carbocycles. The second-order valence-corrected chi connectivity index (χ2v) is 7.74. The highest BCUT2D eigenvalue weighted by Gasteiger charge is 2.33. The van der Waals surface area contributed by atoms with Crippen LogP contribution >= 0.6 is 0 Å². The normalized spacial score (nSPS) is 12.1. The summed E-state index contributed by atoms with van der Waals surface area (Å²) in [6, 6.07) is 10.7. The van der Waals surface area contributed by atoms with Crippen molar-refractivity contribution in [1.29, 1.82) is 0 Å². The zero-order valence-corrected chi connectivity index (χ0v) is 18.1. The lowest BCUT2D eigenvalue weighted by Gasteiger charge is -2.23. The van der Waals surface area contributed by atoms with Crippen molar-refractivity contribution in [3.8, 4) is 0 Å². The molecule has 162 valence electrons. The van der Waals surface area contributed by atoms with E-state index in [0.717, 1.165) is 25.7 Å². The molecule has 1 aliphatic rings. The maximum atomic E-state index is 13.2. The van der Waals surface area contributed by atoms with Gasteiger partial charge in [-0.2, -0.15) is 0 Å². The van der Waals surface area contributed by atoms with Crippen LogP contribution in [0.5, 0.6) is 0 Å². The highest BCUT2D eigenvalue weighted by molar-refractivity contribution is 6.31. The molecule has 0 fully saturated rings. The van der Waals surface area contributed by atoms with Gasteiger partial charge >= 0.3 is 0 Å². The van der Waals surface area contributed by atoms with Gasteiger partial charge in [-0.25, -0.2) is 0 Å². The highest BCUT2D eigenvalue weighted by Crippen LogP contribution is 2.36. The van der Waals surface area contributed by atoms with Crippen LogP contribution in [0.1, 0.15) is 64.4 Å². The average molecular weight is 420 g/mol.